The van der Waals surface area contributed by atoms with E-state index in [1.165, 1.54) is 30.4 Å². The molecule has 0 amide bonds. The second-order valence-electron chi connectivity index (χ2n) is 5.37. The topological polar surface area (TPSA) is 26.3 Å². The molecule has 0 aromatic heterocycles. The van der Waals surface area contributed by atoms with Gasteiger partial charge in [0.25, 0.3) is 0 Å². The molecule has 1 aromatic rings. The Kier molecular flexibility index (Phi) is 4.78. The molecule has 0 N–H and O–H groups in total. The zero-order valence-corrected chi connectivity index (χ0v) is 11.8. The highest BCUT2D eigenvalue weighted by molar-refractivity contribution is 5.87. The van der Waals surface area contributed by atoms with Gasteiger partial charge in [0, 0.05) is 6.08 Å². The second-order valence-corrected chi connectivity index (χ2v) is 5.37. The van der Waals surface area contributed by atoms with Gasteiger partial charge in [-0.1, -0.05) is 24.6 Å². The summed E-state index contributed by atoms with van der Waals surface area (Å²) in [6, 6.07) is 6.17. The summed E-state index contributed by atoms with van der Waals surface area (Å²) in [4.78, 5) is 11.7. The van der Waals surface area contributed by atoms with Gasteiger partial charge in [0.1, 0.15) is 6.10 Å². The van der Waals surface area contributed by atoms with Gasteiger partial charge in [0.15, 0.2) is 0 Å². The molecule has 0 saturated heterocycles. The van der Waals surface area contributed by atoms with Gasteiger partial charge >= 0.3 is 5.97 Å². The summed E-state index contributed by atoms with van der Waals surface area (Å²) in [6.07, 6.45) is 9.16. The van der Waals surface area contributed by atoms with E-state index in [9.17, 15) is 4.79 Å². The van der Waals surface area contributed by atoms with Crippen LogP contribution in [0.1, 0.15) is 48.8 Å². The number of benzene rings is 1. The maximum Gasteiger partial charge on any atom is 0.331 e. The highest BCUT2D eigenvalue weighted by Gasteiger charge is 2.16. The Morgan fingerprint density at radius 3 is 2.58 bits per heavy atom. The number of carbonyl (C=O) groups is 1. The lowest BCUT2D eigenvalue weighted by atomic mass is 9.98. The van der Waals surface area contributed by atoms with Gasteiger partial charge < -0.3 is 4.74 Å². The highest BCUT2D eigenvalue weighted by Crippen LogP contribution is 2.20. The number of rotatable bonds is 3. The van der Waals surface area contributed by atoms with Crippen molar-refractivity contribution in [1.29, 1.82) is 0 Å². The first-order valence-electron chi connectivity index (χ1n) is 7.11. The van der Waals surface area contributed by atoms with Crippen LogP contribution < -0.4 is 0 Å². The van der Waals surface area contributed by atoms with Crippen LogP contribution in [-0.2, 0) is 9.53 Å². The minimum absolute atomic E-state index is 0.130. The van der Waals surface area contributed by atoms with Crippen molar-refractivity contribution < 1.29 is 9.53 Å². The number of hydrogen-bond donors (Lipinski definition) is 0. The van der Waals surface area contributed by atoms with Gasteiger partial charge in [-0.25, -0.2) is 4.79 Å². The van der Waals surface area contributed by atoms with E-state index in [0.29, 0.717) is 0 Å². The largest absolute Gasteiger partial charge is 0.459 e. The molecule has 1 aromatic carbocycles. The minimum atomic E-state index is -0.217. The molecule has 2 nitrogen and oxygen atoms in total. The lowest BCUT2D eigenvalue weighted by Gasteiger charge is -2.20. The number of aryl methyl sites for hydroxylation is 2. The summed E-state index contributed by atoms with van der Waals surface area (Å²) < 4.78 is 5.44. The van der Waals surface area contributed by atoms with E-state index in [1.54, 1.807) is 6.08 Å². The van der Waals surface area contributed by atoms with Crippen molar-refractivity contribution in [2.24, 2.45) is 0 Å². The molecule has 0 atom stereocenters. The molecular formula is C17H22O2. The second kappa shape index (κ2) is 6.55. The predicted molar refractivity (Wildman–Crippen MR) is 77.9 cm³/mol. The molecule has 1 fully saturated rings. The zero-order valence-electron chi connectivity index (χ0n) is 11.8. The van der Waals surface area contributed by atoms with Crippen molar-refractivity contribution in [2.45, 2.75) is 52.1 Å². The van der Waals surface area contributed by atoms with Crippen molar-refractivity contribution in [3.8, 4) is 0 Å². The van der Waals surface area contributed by atoms with Crippen molar-refractivity contribution >= 4 is 12.0 Å². The van der Waals surface area contributed by atoms with E-state index >= 15 is 0 Å². The van der Waals surface area contributed by atoms with Crippen LogP contribution >= 0.6 is 0 Å². The van der Waals surface area contributed by atoms with Crippen LogP contribution in [0.2, 0.25) is 0 Å². The van der Waals surface area contributed by atoms with Crippen molar-refractivity contribution in [1.82, 2.24) is 0 Å². The highest BCUT2D eigenvalue weighted by atomic mass is 16.5. The Hall–Kier alpha value is -1.57. The quantitative estimate of drug-likeness (QED) is 0.600. The lowest BCUT2D eigenvalue weighted by molar-refractivity contribution is -0.144. The number of ether oxygens (including phenoxy) is 1. The predicted octanol–water partition coefficient (Wildman–Crippen LogP) is 4.19. The summed E-state index contributed by atoms with van der Waals surface area (Å²) in [7, 11) is 0. The Morgan fingerprint density at radius 2 is 1.89 bits per heavy atom. The molecule has 2 rings (SSSR count). The van der Waals surface area contributed by atoms with E-state index in [-0.39, 0.29) is 12.1 Å². The van der Waals surface area contributed by atoms with Crippen LogP contribution in [0.25, 0.3) is 6.08 Å². The van der Waals surface area contributed by atoms with E-state index in [4.69, 9.17) is 4.74 Å². The molecule has 0 unspecified atom stereocenters. The maximum absolute atomic E-state index is 11.7. The van der Waals surface area contributed by atoms with Gasteiger partial charge in [-0.2, -0.15) is 0 Å². The third kappa shape index (κ3) is 4.23. The normalized spacial score (nSPS) is 16.7. The molecule has 1 saturated carbocycles. The van der Waals surface area contributed by atoms with E-state index < -0.39 is 0 Å². The number of carbonyl (C=O) groups excluding carboxylic acids is 1. The zero-order chi connectivity index (χ0) is 13.7. The molecule has 0 bridgehead atoms. The Morgan fingerprint density at radius 1 is 1.16 bits per heavy atom. The van der Waals surface area contributed by atoms with E-state index in [0.717, 1.165) is 18.4 Å². The standard InChI is InChI=1S/C17H22O2/c1-13-8-9-15(12-14(13)2)10-11-17(18)19-16-6-4-3-5-7-16/h8-12,16H,3-7H2,1-2H3/b11-10+. The third-order valence-corrected chi connectivity index (χ3v) is 3.78. The minimum Gasteiger partial charge on any atom is -0.459 e. The third-order valence-electron chi connectivity index (χ3n) is 3.78. The van der Waals surface area contributed by atoms with Crippen LogP contribution in [0.5, 0.6) is 0 Å². The van der Waals surface area contributed by atoms with Crippen LogP contribution in [-0.4, -0.2) is 12.1 Å². The molecule has 0 heterocycles. The number of hydrogen-bond acceptors (Lipinski definition) is 2. The summed E-state index contributed by atoms with van der Waals surface area (Å²) in [5, 5.41) is 0. The fourth-order valence-electron chi connectivity index (χ4n) is 2.42. The SMILES string of the molecule is Cc1ccc(/C=C/C(=O)OC2CCCCC2)cc1C. The van der Waals surface area contributed by atoms with Crippen LogP contribution in [0.4, 0.5) is 0 Å². The van der Waals surface area contributed by atoms with E-state index in [1.807, 2.05) is 12.1 Å². The molecule has 1 aliphatic carbocycles. The monoisotopic (exact) mass is 258 g/mol. The van der Waals surface area contributed by atoms with Gasteiger partial charge in [0.05, 0.1) is 0 Å². The van der Waals surface area contributed by atoms with Gasteiger partial charge in [-0.3, -0.25) is 0 Å². The molecular weight excluding hydrogens is 236 g/mol. The smallest absolute Gasteiger partial charge is 0.331 e. The molecule has 0 aliphatic heterocycles. The molecule has 19 heavy (non-hydrogen) atoms. The summed E-state index contributed by atoms with van der Waals surface area (Å²) in [6.45, 7) is 4.16. The van der Waals surface area contributed by atoms with Gasteiger partial charge in [0.2, 0.25) is 0 Å². The molecule has 0 radical (unpaired) electrons. The lowest BCUT2D eigenvalue weighted by Crippen LogP contribution is -2.19. The Bertz CT molecular complexity index is 468. The molecule has 102 valence electrons. The van der Waals surface area contributed by atoms with Crippen molar-refractivity contribution in [3.05, 3.63) is 41.0 Å². The van der Waals surface area contributed by atoms with Gasteiger partial charge in [-0.15, -0.1) is 0 Å². The summed E-state index contributed by atoms with van der Waals surface area (Å²) >= 11 is 0. The van der Waals surface area contributed by atoms with Crippen LogP contribution in [0.3, 0.4) is 0 Å². The average molecular weight is 258 g/mol. The number of esters is 1. The van der Waals surface area contributed by atoms with Crippen LogP contribution in [0, 0.1) is 13.8 Å². The first-order chi connectivity index (χ1) is 9.15. The van der Waals surface area contributed by atoms with Crippen molar-refractivity contribution in [3.63, 3.8) is 0 Å². The molecule has 0 spiro atoms. The van der Waals surface area contributed by atoms with Crippen LogP contribution in [0.15, 0.2) is 24.3 Å². The fraction of sp³-hybridized carbons (Fsp3) is 0.471. The average Bonchev–Trinajstić information content (AvgIpc) is 2.41. The Balaban J connectivity index is 1.90. The molecule has 2 heteroatoms. The summed E-state index contributed by atoms with van der Waals surface area (Å²) in [5.41, 5.74) is 3.55. The van der Waals surface area contributed by atoms with Gasteiger partial charge in [-0.05, 0) is 62.3 Å². The maximum atomic E-state index is 11.7. The Labute approximate surface area is 115 Å². The first kappa shape index (κ1) is 13.9. The molecule has 1 aliphatic rings. The first-order valence-corrected chi connectivity index (χ1v) is 7.11. The fourth-order valence-corrected chi connectivity index (χ4v) is 2.42. The van der Waals surface area contributed by atoms with Crippen molar-refractivity contribution in [2.75, 3.05) is 0 Å². The van der Waals surface area contributed by atoms with E-state index in [2.05, 4.69) is 26.0 Å². The summed E-state index contributed by atoms with van der Waals surface area (Å²) in [5.74, 6) is -0.217.